The fraction of sp³-hybridized carbons (Fsp3) is 0.0952. The normalized spacial score (nSPS) is 15.0. The van der Waals surface area contributed by atoms with Gasteiger partial charge in [-0.15, -0.1) is 6.58 Å². The Kier molecular flexibility index (Phi) is 6.28. The number of carbonyl (C=O) groups is 2. The monoisotopic (exact) mass is 411 g/mol. The summed E-state index contributed by atoms with van der Waals surface area (Å²) in [6.45, 7) is 4.00. The van der Waals surface area contributed by atoms with Crippen molar-refractivity contribution in [2.45, 2.75) is 0 Å². The van der Waals surface area contributed by atoms with E-state index < -0.39 is 5.97 Å². The van der Waals surface area contributed by atoms with E-state index in [9.17, 15) is 9.59 Å². The lowest BCUT2D eigenvalue weighted by atomic mass is 10.1. The number of methoxy groups -OCH3 is 1. The second-order valence-corrected chi connectivity index (χ2v) is 7.41. The Labute approximate surface area is 172 Å². The summed E-state index contributed by atoms with van der Waals surface area (Å²) < 4.78 is 11.1. The number of thioether (sulfide) groups is 1. The molecule has 0 N–H and O–H groups in total. The molecule has 5 nitrogen and oxygen atoms in total. The van der Waals surface area contributed by atoms with Crippen LogP contribution in [0, 0.1) is 0 Å². The average molecular weight is 412 g/mol. The maximum atomic E-state index is 12.5. The average Bonchev–Trinajstić information content (AvgIpc) is 2.97. The van der Waals surface area contributed by atoms with Gasteiger partial charge < -0.3 is 9.47 Å². The van der Waals surface area contributed by atoms with Crippen LogP contribution in [0.1, 0.15) is 15.9 Å². The van der Waals surface area contributed by atoms with Crippen LogP contribution in [0.3, 0.4) is 0 Å². The minimum Gasteiger partial charge on any atom is -0.497 e. The summed E-state index contributed by atoms with van der Waals surface area (Å²) in [5.74, 6) is 0.324. The molecule has 1 aliphatic heterocycles. The Hall–Kier alpha value is -2.90. The first kappa shape index (κ1) is 19.9. The van der Waals surface area contributed by atoms with E-state index in [0.29, 0.717) is 38.4 Å². The summed E-state index contributed by atoms with van der Waals surface area (Å²) in [5, 5.41) is 0. The number of nitrogens with zero attached hydrogens (tertiary/aromatic N) is 1. The van der Waals surface area contributed by atoms with E-state index in [0.717, 1.165) is 0 Å². The third-order valence-electron chi connectivity index (χ3n) is 3.92. The number of benzene rings is 2. The molecule has 0 aromatic heterocycles. The van der Waals surface area contributed by atoms with Gasteiger partial charge in [0, 0.05) is 12.1 Å². The van der Waals surface area contributed by atoms with E-state index in [2.05, 4.69) is 6.58 Å². The van der Waals surface area contributed by atoms with Gasteiger partial charge >= 0.3 is 5.97 Å². The molecule has 0 unspecified atom stereocenters. The highest BCUT2D eigenvalue weighted by Gasteiger charge is 2.31. The molecule has 0 aliphatic carbocycles. The Balaban J connectivity index is 1.83. The van der Waals surface area contributed by atoms with Gasteiger partial charge in [-0.05, 0) is 36.4 Å². The SMILES string of the molecule is C=CCN1C(=O)C(=Cc2ccccc2OC(=O)c2ccc(OC)cc2)SC1=S. The van der Waals surface area contributed by atoms with Crippen LogP contribution in [0.2, 0.25) is 0 Å². The lowest BCUT2D eigenvalue weighted by molar-refractivity contribution is -0.121. The van der Waals surface area contributed by atoms with Crippen LogP contribution in [-0.2, 0) is 4.79 Å². The van der Waals surface area contributed by atoms with Gasteiger partial charge in [0.2, 0.25) is 0 Å². The van der Waals surface area contributed by atoms with E-state index >= 15 is 0 Å². The summed E-state index contributed by atoms with van der Waals surface area (Å²) >= 11 is 6.46. The fourth-order valence-electron chi connectivity index (χ4n) is 2.51. The summed E-state index contributed by atoms with van der Waals surface area (Å²) in [6.07, 6.45) is 3.30. The van der Waals surface area contributed by atoms with Gasteiger partial charge in [0.05, 0.1) is 17.6 Å². The van der Waals surface area contributed by atoms with Crippen molar-refractivity contribution in [2.75, 3.05) is 13.7 Å². The van der Waals surface area contributed by atoms with Crippen molar-refractivity contribution in [3.8, 4) is 11.5 Å². The molecule has 0 saturated carbocycles. The van der Waals surface area contributed by atoms with E-state index in [-0.39, 0.29) is 5.91 Å². The first-order valence-corrected chi connectivity index (χ1v) is 9.57. The van der Waals surface area contributed by atoms with Crippen LogP contribution in [-0.4, -0.2) is 34.8 Å². The third-order valence-corrected chi connectivity index (χ3v) is 5.30. The van der Waals surface area contributed by atoms with E-state index in [1.54, 1.807) is 67.8 Å². The van der Waals surface area contributed by atoms with E-state index in [4.69, 9.17) is 21.7 Å². The molecule has 1 fully saturated rings. The van der Waals surface area contributed by atoms with Gasteiger partial charge in [-0.1, -0.05) is 48.3 Å². The number of ether oxygens (including phenoxy) is 2. The topological polar surface area (TPSA) is 55.8 Å². The van der Waals surface area contributed by atoms with E-state index in [1.165, 1.54) is 16.7 Å². The minimum absolute atomic E-state index is 0.189. The van der Waals surface area contributed by atoms with Crippen LogP contribution < -0.4 is 9.47 Å². The third kappa shape index (κ3) is 4.32. The number of hydrogen-bond acceptors (Lipinski definition) is 6. The van der Waals surface area contributed by atoms with Crippen LogP contribution in [0.4, 0.5) is 0 Å². The molecule has 7 heteroatoms. The van der Waals surface area contributed by atoms with Crippen LogP contribution in [0.5, 0.6) is 11.5 Å². The first-order chi connectivity index (χ1) is 13.5. The Bertz CT molecular complexity index is 967. The molecule has 142 valence electrons. The van der Waals surface area contributed by atoms with Gasteiger partial charge in [0.15, 0.2) is 0 Å². The summed E-state index contributed by atoms with van der Waals surface area (Å²) in [6, 6.07) is 13.7. The summed E-state index contributed by atoms with van der Waals surface area (Å²) in [5.41, 5.74) is 1.01. The summed E-state index contributed by atoms with van der Waals surface area (Å²) in [7, 11) is 1.56. The number of para-hydroxylation sites is 1. The van der Waals surface area contributed by atoms with Crippen molar-refractivity contribution in [2.24, 2.45) is 0 Å². The van der Waals surface area contributed by atoms with Crippen molar-refractivity contribution in [1.82, 2.24) is 4.90 Å². The van der Waals surface area contributed by atoms with Crippen molar-refractivity contribution in [3.05, 3.63) is 77.2 Å². The highest BCUT2D eigenvalue weighted by atomic mass is 32.2. The van der Waals surface area contributed by atoms with Gasteiger partial charge in [0.1, 0.15) is 15.8 Å². The lowest BCUT2D eigenvalue weighted by Crippen LogP contribution is -2.27. The molecular weight excluding hydrogens is 394 g/mol. The molecule has 1 amide bonds. The number of hydrogen-bond donors (Lipinski definition) is 0. The molecule has 28 heavy (non-hydrogen) atoms. The van der Waals surface area contributed by atoms with Crippen molar-refractivity contribution in [3.63, 3.8) is 0 Å². The maximum Gasteiger partial charge on any atom is 0.343 e. The van der Waals surface area contributed by atoms with Gasteiger partial charge in [-0.25, -0.2) is 4.79 Å². The molecule has 1 heterocycles. The van der Waals surface area contributed by atoms with Crippen molar-refractivity contribution >= 4 is 46.3 Å². The molecule has 0 bridgehead atoms. The van der Waals surface area contributed by atoms with Crippen LogP contribution in [0.25, 0.3) is 6.08 Å². The predicted octanol–water partition coefficient (Wildman–Crippen LogP) is 4.30. The Morgan fingerprint density at radius 1 is 1.21 bits per heavy atom. The second-order valence-electron chi connectivity index (χ2n) is 5.74. The minimum atomic E-state index is -0.497. The standard InChI is InChI=1S/C21H17NO4S2/c1-3-12-22-19(23)18(28-21(22)27)13-15-6-4-5-7-17(15)26-20(24)14-8-10-16(25-2)11-9-14/h3-11,13H,1,12H2,2H3. The first-order valence-electron chi connectivity index (χ1n) is 8.35. The molecule has 2 aromatic rings. The quantitative estimate of drug-likeness (QED) is 0.232. The number of esters is 1. The van der Waals surface area contributed by atoms with Crippen molar-refractivity contribution < 1.29 is 19.1 Å². The lowest BCUT2D eigenvalue weighted by Gasteiger charge is -2.10. The predicted molar refractivity (Wildman–Crippen MR) is 114 cm³/mol. The van der Waals surface area contributed by atoms with Gasteiger partial charge in [-0.3, -0.25) is 9.69 Å². The Morgan fingerprint density at radius 2 is 1.93 bits per heavy atom. The zero-order chi connectivity index (χ0) is 20.1. The number of amides is 1. The highest BCUT2D eigenvalue weighted by Crippen LogP contribution is 2.34. The zero-order valence-electron chi connectivity index (χ0n) is 15.1. The second kappa shape index (κ2) is 8.86. The maximum absolute atomic E-state index is 12.5. The number of thiocarbonyl (C=S) groups is 1. The molecule has 2 aromatic carbocycles. The number of carbonyl (C=O) groups excluding carboxylic acids is 2. The van der Waals surface area contributed by atoms with Crippen LogP contribution >= 0.6 is 24.0 Å². The highest BCUT2D eigenvalue weighted by molar-refractivity contribution is 8.26. The molecular formula is C21H17NO4S2. The fourth-order valence-corrected chi connectivity index (χ4v) is 3.77. The zero-order valence-corrected chi connectivity index (χ0v) is 16.7. The van der Waals surface area contributed by atoms with Gasteiger partial charge in [0.25, 0.3) is 5.91 Å². The molecule has 1 saturated heterocycles. The van der Waals surface area contributed by atoms with Crippen molar-refractivity contribution in [1.29, 1.82) is 0 Å². The number of rotatable bonds is 6. The van der Waals surface area contributed by atoms with Gasteiger partial charge in [-0.2, -0.15) is 0 Å². The smallest absolute Gasteiger partial charge is 0.343 e. The largest absolute Gasteiger partial charge is 0.497 e. The molecule has 0 spiro atoms. The molecule has 3 rings (SSSR count). The molecule has 0 radical (unpaired) electrons. The Morgan fingerprint density at radius 3 is 2.61 bits per heavy atom. The van der Waals surface area contributed by atoms with E-state index in [1.807, 2.05) is 0 Å². The summed E-state index contributed by atoms with van der Waals surface area (Å²) in [4.78, 5) is 26.9. The molecule has 0 atom stereocenters. The van der Waals surface area contributed by atoms with Crippen LogP contribution in [0.15, 0.2) is 66.1 Å². The molecule has 1 aliphatic rings.